The number of methoxy groups -OCH3 is 1. The lowest BCUT2D eigenvalue weighted by atomic mass is 9.81. The van der Waals surface area contributed by atoms with Crippen LogP contribution in [0.2, 0.25) is 0 Å². The Morgan fingerprint density at radius 3 is 2.94 bits per heavy atom. The lowest BCUT2D eigenvalue weighted by molar-refractivity contribution is -0.133. The van der Waals surface area contributed by atoms with Gasteiger partial charge in [0, 0.05) is 26.2 Å². The van der Waals surface area contributed by atoms with Gasteiger partial charge in [0.1, 0.15) is 0 Å². The number of hydrogen-bond donors (Lipinski definition) is 2. The second kappa shape index (κ2) is 5.99. The van der Waals surface area contributed by atoms with Gasteiger partial charge in [-0.1, -0.05) is 0 Å². The Labute approximate surface area is 108 Å². The topological polar surface area (TPSA) is 67.8 Å². The van der Waals surface area contributed by atoms with E-state index in [2.05, 4.69) is 5.32 Å². The fraction of sp³-hybridized carbons (Fsp3) is 0.923. The lowest BCUT2D eigenvalue weighted by Gasteiger charge is -2.34. The van der Waals surface area contributed by atoms with Crippen molar-refractivity contribution >= 4 is 5.91 Å². The van der Waals surface area contributed by atoms with Crippen molar-refractivity contribution in [3.8, 4) is 0 Å². The number of rotatable bonds is 5. The summed E-state index contributed by atoms with van der Waals surface area (Å²) in [6.45, 7) is 1.64. The van der Waals surface area contributed by atoms with Gasteiger partial charge in [0.05, 0.1) is 18.3 Å². The van der Waals surface area contributed by atoms with Gasteiger partial charge in [-0.25, -0.2) is 0 Å². The summed E-state index contributed by atoms with van der Waals surface area (Å²) in [6.07, 6.45) is 4.10. The highest BCUT2D eigenvalue weighted by molar-refractivity contribution is 5.79. The molecule has 0 aromatic carbocycles. The molecule has 1 unspecified atom stereocenters. The summed E-state index contributed by atoms with van der Waals surface area (Å²) in [5.74, 6) is 0.177. The second-order valence-electron chi connectivity index (χ2n) is 5.45. The molecule has 1 amide bonds. The quantitative estimate of drug-likeness (QED) is 0.751. The first-order valence-corrected chi connectivity index (χ1v) is 6.73. The summed E-state index contributed by atoms with van der Waals surface area (Å²) in [7, 11) is 1.68. The van der Waals surface area contributed by atoms with Crippen LogP contribution in [0.25, 0.3) is 0 Å². The minimum atomic E-state index is -0.750. The van der Waals surface area contributed by atoms with E-state index in [0.717, 1.165) is 32.3 Å². The van der Waals surface area contributed by atoms with Crippen LogP contribution in [0.5, 0.6) is 0 Å². The van der Waals surface area contributed by atoms with Crippen LogP contribution < -0.4 is 5.32 Å². The highest BCUT2D eigenvalue weighted by atomic mass is 16.5. The van der Waals surface area contributed by atoms with Crippen LogP contribution in [-0.4, -0.2) is 49.6 Å². The Morgan fingerprint density at radius 1 is 1.56 bits per heavy atom. The van der Waals surface area contributed by atoms with Gasteiger partial charge in [0.2, 0.25) is 5.91 Å². The maximum atomic E-state index is 11.8. The first kappa shape index (κ1) is 13.8. The largest absolute Gasteiger partial charge is 0.387 e. The fourth-order valence-electron chi connectivity index (χ4n) is 2.57. The molecule has 2 aliphatic rings. The van der Waals surface area contributed by atoms with Gasteiger partial charge >= 0.3 is 0 Å². The van der Waals surface area contributed by atoms with E-state index in [1.807, 2.05) is 0 Å². The van der Waals surface area contributed by atoms with Gasteiger partial charge in [-0.05, 0) is 32.1 Å². The number of carbonyl (C=O) groups excluding carboxylic acids is 1. The molecule has 0 aromatic rings. The molecule has 1 saturated carbocycles. The van der Waals surface area contributed by atoms with Gasteiger partial charge in [-0.2, -0.15) is 0 Å². The molecule has 2 rings (SSSR count). The second-order valence-corrected chi connectivity index (χ2v) is 5.45. The van der Waals surface area contributed by atoms with Crippen molar-refractivity contribution < 1.29 is 19.4 Å². The molecule has 1 saturated heterocycles. The molecule has 1 aliphatic heterocycles. The number of carbonyl (C=O) groups is 1. The van der Waals surface area contributed by atoms with E-state index >= 15 is 0 Å². The molecule has 1 atom stereocenters. The number of hydrogen-bond acceptors (Lipinski definition) is 4. The third-order valence-corrected chi connectivity index (χ3v) is 3.99. The third kappa shape index (κ3) is 3.43. The Morgan fingerprint density at radius 2 is 2.33 bits per heavy atom. The molecule has 0 radical (unpaired) electrons. The Bertz CT molecular complexity index is 283. The number of ether oxygens (including phenoxy) is 2. The van der Waals surface area contributed by atoms with E-state index < -0.39 is 5.60 Å². The highest BCUT2D eigenvalue weighted by Crippen LogP contribution is 2.29. The van der Waals surface area contributed by atoms with Gasteiger partial charge in [0.15, 0.2) is 0 Å². The minimum absolute atomic E-state index is 0.0867. The summed E-state index contributed by atoms with van der Waals surface area (Å²) < 4.78 is 10.4. The SMILES string of the molecule is COC1CC(C(=O)NCCC2(O)CCCOC2)C1. The maximum absolute atomic E-state index is 11.8. The Balaban J connectivity index is 1.61. The van der Waals surface area contributed by atoms with Gasteiger partial charge < -0.3 is 19.9 Å². The van der Waals surface area contributed by atoms with Crippen LogP contribution in [-0.2, 0) is 14.3 Å². The van der Waals surface area contributed by atoms with E-state index in [1.54, 1.807) is 7.11 Å². The van der Waals surface area contributed by atoms with Crippen LogP contribution in [0.4, 0.5) is 0 Å². The van der Waals surface area contributed by atoms with E-state index in [4.69, 9.17) is 9.47 Å². The van der Waals surface area contributed by atoms with E-state index in [9.17, 15) is 9.90 Å². The van der Waals surface area contributed by atoms with Crippen molar-refractivity contribution in [2.24, 2.45) is 5.92 Å². The Hall–Kier alpha value is -0.650. The fourth-order valence-corrected chi connectivity index (χ4v) is 2.57. The Kier molecular flexibility index (Phi) is 4.59. The molecular weight excluding hydrogens is 234 g/mol. The summed E-state index contributed by atoms with van der Waals surface area (Å²) in [6, 6.07) is 0. The predicted octanol–water partition coefficient (Wildman–Crippen LogP) is 0.459. The maximum Gasteiger partial charge on any atom is 0.223 e. The molecule has 0 bridgehead atoms. The van der Waals surface area contributed by atoms with Crippen molar-refractivity contribution in [1.82, 2.24) is 5.32 Å². The zero-order chi connectivity index (χ0) is 13.0. The summed E-state index contributed by atoms with van der Waals surface area (Å²) in [5.41, 5.74) is -0.750. The van der Waals surface area contributed by atoms with Gasteiger partial charge in [-0.15, -0.1) is 0 Å². The third-order valence-electron chi connectivity index (χ3n) is 3.99. The molecule has 5 heteroatoms. The van der Waals surface area contributed by atoms with Crippen molar-refractivity contribution in [3.05, 3.63) is 0 Å². The van der Waals surface area contributed by atoms with Crippen LogP contribution in [0.1, 0.15) is 32.1 Å². The molecule has 0 spiro atoms. The molecule has 0 aromatic heterocycles. The molecule has 2 fully saturated rings. The monoisotopic (exact) mass is 257 g/mol. The highest BCUT2D eigenvalue weighted by Gasteiger charge is 2.35. The van der Waals surface area contributed by atoms with Crippen molar-refractivity contribution in [3.63, 3.8) is 0 Å². The standard InChI is InChI=1S/C13H23NO4/c1-17-11-7-10(8-11)12(15)14-5-4-13(16)3-2-6-18-9-13/h10-11,16H,2-9H2,1H3,(H,14,15). The van der Waals surface area contributed by atoms with Crippen LogP contribution >= 0.6 is 0 Å². The van der Waals surface area contributed by atoms with Crippen molar-refractivity contribution in [2.45, 2.75) is 43.8 Å². The average Bonchev–Trinajstić information content (AvgIpc) is 2.28. The first-order valence-electron chi connectivity index (χ1n) is 6.73. The molecule has 2 N–H and O–H groups in total. The lowest BCUT2D eigenvalue weighted by Crippen LogP contribution is -2.45. The van der Waals surface area contributed by atoms with Gasteiger partial charge in [0.25, 0.3) is 0 Å². The number of amides is 1. The van der Waals surface area contributed by atoms with E-state index in [0.29, 0.717) is 19.6 Å². The van der Waals surface area contributed by atoms with Crippen LogP contribution in [0.15, 0.2) is 0 Å². The zero-order valence-corrected chi connectivity index (χ0v) is 11.0. The van der Waals surface area contributed by atoms with E-state index in [1.165, 1.54) is 0 Å². The number of nitrogens with one attached hydrogen (secondary N) is 1. The zero-order valence-electron chi connectivity index (χ0n) is 11.0. The molecule has 5 nitrogen and oxygen atoms in total. The predicted molar refractivity (Wildman–Crippen MR) is 66.2 cm³/mol. The number of aliphatic hydroxyl groups is 1. The van der Waals surface area contributed by atoms with Crippen LogP contribution in [0.3, 0.4) is 0 Å². The summed E-state index contributed by atoms with van der Waals surface area (Å²) >= 11 is 0. The molecule has 1 heterocycles. The minimum Gasteiger partial charge on any atom is -0.387 e. The average molecular weight is 257 g/mol. The molecule has 1 aliphatic carbocycles. The summed E-state index contributed by atoms with van der Waals surface area (Å²) in [5, 5.41) is 13.1. The first-order chi connectivity index (χ1) is 8.63. The van der Waals surface area contributed by atoms with Crippen molar-refractivity contribution in [1.29, 1.82) is 0 Å². The molecule has 18 heavy (non-hydrogen) atoms. The molecule has 104 valence electrons. The van der Waals surface area contributed by atoms with Gasteiger partial charge in [-0.3, -0.25) is 4.79 Å². The summed E-state index contributed by atoms with van der Waals surface area (Å²) in [4.78, 5) is 11.8. The molecular formula is C13H23NO4. The van der Waals surface area contributed by atoms with E-state index in [-0.39, 0.29) is 17.9 Å². The normalized spacial score (nSPS) is 35.9. The van der Waals surface area contributed by atoms with Crippen molar-refractivity contribution in [2.75, 3.05) is 26.9 Å². The van der Waals surface area contributed by atoms with Crippen LogP contribution in [0, 0.1) is 5.92 Å². The smallest absolute Gasteiger partial charge is 0.223 e.